The zero-order valence-corrected chi connectivity index (χ0v) is 10.6. The van der Waals surface area contributed by atoms with Gasteiger partial charge in [0, 0.05) is 26.2 Å². The summed E-state index contributed by atoms with van der Waals surface area (Å²) in [7, 11) is 0. The molecule has 1 heterocycles. The number of nitrogens with zero attached hydrogens (tertiary/aromatic N) is 1. The van der Waals surface area contributed by atoms with Crippen LogP contribution < -0.4 is 10.6 Å². The molecule has 0 saturated carbocycles. The zero-order chi connectivity index (χ0) is 11.6. The van der Waals surface area contributed by atoms with E-state index >= 15 is 0 Å². The van der Waals surface area contributed by atoms with Crippen LogP contribution in [0.5, 0.6) is 0 Å². The van der Waals surface area contributed by atoms with Gasteiger partial charge in [-0.15, -0.1) is 0 Å². The first-order valence-corrected chi connectivity index (χ1v) is 6.50. The average molecular weight is 227 g/mol. The van der Waals surface area contributed by atoms with E-state index in [0.717, 1.165) is 45.0 Å². The molecule has 1 fully saturated rings. The van der Waals surface area contributed by atoms with Gasteiger partial charge in [0.25, 0.3) is 0 Å². The second-order valence-corrected chi connectivity index (χ2v) is 4.11. The van der Waals surface area contributed by atoms with E-state index in [0.29, 0.717) is 6.10 Å². The molecule has 0 aromatic carbocycles. The highest BCUT2D eigenvalue weighted by molar-refractivity contribution is 5.79. The number of guanidine groups is 1. The number of rotatable bonds is 6. The first kappa shape index (κ1) is 13.3. The second kappa shape index (κ2) is 8.39. The molecule has 0 spiro atoms. The predicted molar refractivity (Wildman–Crippen MR) is 67.9 cm³/mol. The molecule has 1 atom stereocenters. The third kappa shape index (κ3) is 5.35. The van der Waals surface area contributed by atoms with Crippen molar-refractivity contribution < 1.29 is 4.74 Å². The van der Waals surface area contributed by atoms with Gasteiger partial charge in [-0.3, -0.25) is 4.99 Å². The lowest BCUT2D eigenvalue weighted by atomic mass is 10.2. The van der Waals surface area contributed by atoms with Crippen molar-refractivity contribution in [3.8, 4) is 0 Å². The topological polar surface area (TPSA) is 45.7 Å². The second-order valence-electron chi connectivity index (χ2n) is 4.11. The van der Waals surface area contributed by atoms with Gasteiger partial charge in [-0.25, -0.2) is 0 Å². The van der Waals surface area contributed by atoms with Crippen molar-refractivity contribution in [2.45, 2.75) is 45.6 Å². The highest BCUT2D eigenvalue weighted by Gasteiger charge is 2.14. The van der Waals surface area contributed by atoms with Crippen LogP contribution in [0.25, 0.3) is 0 Å². The third-order valence-electron chi connectivity index (χ3n) is 2.62. The molecule has 1 saturated heterocycles. The Balaban J connectivity index is 2.15. The minimum absolute atomic E-state index is 0.460. The van der Waals surface area contributed by atoms with Crippen molar-refractivity contribution in [1.82, 2.24) is 10.6 Å². The summed E-state index contributed by atoms with van der Waals surface area (Å²) in [5.41, 5.74) is 0. The minimum Gasteiger partial charge on any atom is -0.378 e. The smallest absolute Gasteiger partial charge is 0.191 e. The summed E-state index contributed by atoms with van der Waals surface area (Å²) in [6, 6.07) is 0. The number of hydrogen-bond donors (Lipinski definition) is 2. The van der Waals surface area contributed by atoms with Gasteiger partial charge in [-0.05, 0) is 32.6 Å². The molecule has 1 rings (SSSR count). The summed E-state index contributed by atoms with van der Waals surface area (Å²) < 4.78 is 5.58. The fraction of sp³-hybridized carbons (Fsp3) is 0.917. The van der Waals surface area contributed by atoms with E-state index in [2.05, 4.69) is 29.5 Å². The molecule has 1 aliphatic rings. The van der Waals surface area contributed by atoms with Crippen LogP contribution in [0, 0.1) is 0 Å². The average Bonchev–Trinajstić information content (AvgIpc) is 2.79. The van der Waals surface area contributed by atoms with Crippen LogP contribution in [0.1, 0.15) is 39.5 Å². The van der Waals surface area contributed by atoms with Crippen LogP contribution in [0.2, 0.25) is 0 Å². The van der Waals surface area contributed by atoms with Crippen LogP contribution in [-0.2, 0) is 4.74 Å². The van der Waals surface area contributed by atoms with Gasteiger partial charge < -0.3 is 15.4 Å². The van der Waals surface area contributed by atoms with Crippen LogP contribution >= 0.6 is 0 Å². The van der Waals surface area contributed by atoms with E-state index in [-0.39, 0.29) is 0 Å². The monoisotopic (exact) mass is 227 g/mol. The molecule has 0 aliphatic carbocycles. The molecule has 4 heteroatoms. The molecule has 1 aliphatic heterocycles. The standard InChI is InChI=1S/C12H25N3O/c1-3-8-14-12(13-4-2)15-9-7-11-6-5-10-16-11/h11H,3-10H2,1-2H3,(H2,13,14,15). The van der Waals surface area contributed by atoms with Gasteiger partial charge in [-0.2, -0.15) is 0 Å². The number of hydrogen-bond acceptors (Lipinski definition) is 2. The quantitative estimate of drug-likeness (QED) is 0.534. The normalized spacial score (nSPS) is 21.1. The number of nitrogens with one attached hydrogen (secondary N) is 2. The Morgan fingerprint density at radius 3 is 2.88 bits per heavy atom. The van der Waals surface area contributed by atoms with Gasteiger partial charge in [0.2, 0.25) is 0 Å². The molecular weight excluding hydrogens is 202 g/mol. The van der Waals surface area contributed by atoms with E-state index in [4.69, 9.17) is 4.74 Å². The van der Waals surface area contributed by atoms with Crippen LogP contribution in [0.15, 0.2) is 4.99 Å². The third-order valence-corrected chi connectivity index (χ3v) is 2.62. The highest BCUT2D eigenvalue weighted by atomic mass is 16.5. The van der Waals surface area contributed by atoms with Crippen LogP contribution in [0.3, 0.4) is 0 Å². The van der Waals surface area contributed by atoms with E-state index in [1.54, 1.807) is 0 Å². The summed E-state index contributed by atoms with van der Waals surface area (Å²) in [5, 5.41) is 6.58. The lowest BCUT2D eigenvalue weighted by Crippen LogP contribution is -2.38. The molecule has 4 nitrogen and oxygen atoms in total. The molecule has 16 heavy (non-hydrogen) atoms. The minimum atomic E-state index is 0.460. The summed E-state index contributed by atoms with van der Waals surface area (Å²) in [6.45, 7) is 7.91. The molecular formula is C12H25N3O. The molecule has 0 bridgehead atoms. The van der Waals surface area contributed by atoms with E-state index in [1.165, 1.54) is 12.8 Å². The van der Waals surface area contributed by atoms with Gasteiger partial charge in [0.15, 0.2) is 5.96 Å². The zero-order valence-electron chi connectivity index (χ0n) is 10.6. The Morgan fingerprint density at radius 2 is 2.25 bits per heavy atom. The van der Waals surface area contributed by atoms with E-state index in [1.807, 2.05) is 0 Å². The maximum absolute atomic E-state index is 5.58. The molecule has 0 amide bonds. The first-order valence-electron chi connectivity index (χ1n) is 6.50. The Hall–Kier alpha value is -0.770. The molecule has 1 unspecified atom stereocenters. The summed E-state index contributed by atoms with van der Waals surface area (Å²) in [6.07, 6.45) is 5.05. The number of aliphatic imine (C=N–C) groups is 1. The van der Waals surface area contributed by atoms with Crippen LogP contribution in [-0.4, -0.2) is 38.3 Å². The number of ether oxygens (including phenoxy) is 1. The highest BCUT2D eigenvalue weighted by Crippen LogP contribution is 2.14. The Bertz CT molecular complexity index is 200. The maximum Gasteiger partial charge on any atom is 0.191 e. The Morgan fingerprint density at radius 1 is 1.38 bits per heavy atom. The summed E-state index contributed by atoms with van der Waals surface area (Å²) in [5.74, 6) is 0.933. The van der Waals surface area contributed by atoms with Crippen LogP contribution in [0.4, 0.5) is 0 Å². The molecule has 94 valence electrons. The molecule has 0 radical (unpaired) electrons. The van der Waals surface area contributed by atoms with E-state index < -0.39 is 0 Å². The van der Waals surface area contributed by atoms with E-state index in [9.17, 15) is 0 Å². The summed E-state index contributed by atoms with van der Waals surface area (Å²) in [4.78, 5) is 4.45. The fourth-order valence-electron chi connectivity index (χ4n) is 1.79. The van der Waals surface area contributed by atoms with Crippen molar-refractivity contribution in [3.63, 3.8) is 0 Å². The van der Waals surface area contributed by atoms with Gasteiger partial charge in [-0.1, -0.05) is 6.92 Å². The van der Waals surface area contributed by atoms with Gasteiger partial charge in [0.05, 0.1) is 6.10 Å². The van der Waals surface area contributed by atoms with Crippen molar-refractivity contribution in [2.24, 2.45) is 4.99 Å². The Kier molecular flexibility index (Phi) is 6.97. The van der Waals surface area contributed by atoms with Crippen molar-refractivity contribution >= 4 is 5.96 Å². The maximum atomic E-state index is 5.58. The predicted octanol–water partition coefficient (Wildman–Crippen LogP) is 1.52. The molecule has 2 N–H and O–H groups in total. The summed E-state index contributed by atoms with van der Waals surface area (Å²) >= 11 is 0. The SMILES string of the molecule is CCCN=C(NCC)NCCC1CCCO1. The largest absolute Gasteiger partial charge is 0.378 e. The Labute approximate surface area is 98.9 Å². The molecule has 0 aromatic rings. The first-order chi connectivity index (χ1) is 7.86. The van der Waals surface area contributed by atoms with Gasteiger partial charge in [0.1, 0.15) is 0 Å². The van der Waals surface area contributed by atoms with Crippen molar-refractivity contribution in [3.05, 3.63) is 0 Å². The lowest BCUT2D eigenvalue weighted by molar-refractivity contribution is 0.105. The lowest BCUT2D eigenvalue weighted by Gasteiger charge is -2.13. The van der Waals surface area contributed by atoms with Crippen molar-refractivity contribution in [1.29, 1.82) is 0 Å². The molecule has 0 aromatic heterocycles. The van der Waals surface area contributed by atoms with Crippen molar-refractivity contribution in [2.75, 3.05) is 26.2 Å². The van der Waals surface area contributed by atoms with Gasteiger partial charge >= 0.3 is 0 Å². The fourth-order valence-corrected chi connectivity index (χ4v) is 1.79.